The first-order valence-electron chi connectivity index (χ1n) is 6.42. The third kappa shape index (κ3) is 2.09. The molecule has 2 aromatic heterocycles. The van der Waals surface area contributed by atoms with Crippen molar-refractivity contribution in [2.45, 2.75) is 19.4 Å². The molecule has 1 saturated heterocycles. The van der Waals surface area contributed by atoms with Gasteiger partial charge in [-0.1, -0.05) is 6.92 Å². The zero-order valence-corrected chi connectivity index (χ0v) is 10.9. The summed E-state index contributed by atoms with van der Waals surface area (Å²) in [5, 5.41) is 0.762. The molecule has 2 amide bonds. The number of carbonyl (C=O) groups is 2. The molecule has 1 aliphatic heterocycles. The van der Waals surface area contributed by atoms with Gasteiger partial charge in [0.2, 0.25) is 0 Å². The maximum atomic E-state index is 12.3. The maximum absolute atomic E-state index is 12.3. The van der Waals surface area contributed by atoms with Gasteiger partial charge in [0.1, 0.15) is 6.10 Å². The lowest BCUT2D eigenvalue weighted by molar-refractivity contribution is 0.0808. The molecule has 0 aromatic carbocycles. The highest BCUT2D eigenvalue weighted by Gasteiger charge is 2.35. The molecule has 3 heterocycles. The van der Waals surface area contributed by atoms with Crippen molar-refractivity contribution in [3.05, 3.63) is 36.2 Å². The van der Waals surface area contributed by atoms with Crippen molar-refractivity contribution >= 4 is 23.0 Å². The van der Waals surface area contributed by atoms with E-state index in [1.165, 1.54) is 6.20 Å². The molecular weight excluding hydrogens is 258 g/mol. The molecule has 0 radical (unpaired) electrons. The van der Waals surface area contributed by atoms with Gasteiger partial charge >= 0.3 is 6.09 Å². The lowest BCUT2D eigenvalue weighted by atomic mass is 10.2. The molecule has 1 aliphatic rings. The van der Waals surface area contributed by atoms with E-state index in [0.29, 0.717) is 24.2 Å². The van der Waals surface area contributed by atoms with Crippen LogP contribution in [0.4, 0.5) is 4.79 Å². The van der Waals surface area contributed by atoms with Crippen LogP contribution >= 0.6 is 0 Å². The van der Waals surface area contributed by atoms with Gasteiger partial charge < -0.3 is 4.74 Å². The lowest BCUT2D eigenvalue weighted by Gasteiger charge is -2.10. The Labute approximate surface area is 115 Å². The third-order valence-electron chi connectivity index (χ3n) is 3.28. The van der Waals surface area contributed by atoms with Crippen LogP contribution in [0.25, 0.3) is 11.0 Å². The molecule has 0 N–H and O–H groups in total. The quantitative estimate of drug-likeness (QED) is 0.835. The molecule has 20 heavy (non-hydrogen) atoms. The standard InChI is InChI=1S/C14H13N3O3/c1-2-11-8-17(14(19)20-11)13(18)10-6-9-4-3-5-15-12(9)16-7-10/h3-7,11H,2,8H2,1H3. The van der Waals surface area contributed by atoms with E-state index in [1.807, 2.05) is 13.0 Å². The van der Waals surface area contributed by atoms with E-state index in [-0.39, 0.29) is 12.0 Å². The predicted octanol–water partition coefficient (Wildman–Crippen LogP) is 2.00. The summed E-state index contributed by atoms with van der Waals surface area (Å²) in [6.45, 7) is 2.20. The molecule has 6 heteroatoms. The molecule has 1 unspecified atom stereocenters. The summed E-state index contributed by atoms with van der Waals surface area (Å²) in [6.07, 6.45) is 2.95. The molecule has 0 spiro atoms. The van der Waals surface area contributed by atoms with Crippen LogP contribution in [0.5, 0.6) is 0 Å². The number of cyclic esters (lactones) is 1. The second-order valence-electron chi connectivity index (χ2n) is 4.60. The molecular formula is C14H13N3O3. The van der Waals surface area contributed by atoms with E-state index in [9.17, 15) is 9.59 Å². The van der Waals surface area contributed by atoms with Crippen LogP contribution in [0, 0.1) is 0 Å². The second-order valence-corrected chi connectivity index (χ2v) is 4.60. The van der Waals surface area contributed by atoms with Gasteiger partial charge in [-0.05, 0) is 24.6 Å². The van der Waals surface area contributed by atoms with Crippen molar-refractivity contribution in [1.29, 1.82) is 0 Å². The normalized spacial score (nSPS) is 18.4. The number of pyridine rings is 2. The molecule has 3 rings (SSSR count). The van der Waals surface area contributed by atoms with Crippen LogP contribution in [0.1, 0.15) is 23.7 Å². The number of fused-ring (bicyclic) bond motifs is 1. The Hall–Kier alpha value is -2.50. The third-order valence-corrected chi connectivity index (χ3v) is 3.28. The Kier molecular flexibility index (Phi) is 3.06. The molecule has 1 atom stereocenters. The van der Waals surface area contributed by atoms with Gasteiger partial charge in [-0.15, -0.1) is 0 Å². The Balaban J connectivity index is 1.91. The Morgan fingerprint density at radius 3 is 3.10 bits per heavy atom. The van der Waals surface area contributed by atoms with Crippen LogP contribution in [-0.2, 0) is 4.74 Å². The fraction of sp³-hybridized carbons (Fsp3) is 0.286. The topological polar surface area (TPSA) is 72.4 Å². The van der Waals surface area contributed by atoms with E-state index >= 15 is 0 Å². The van der Waals surface area contributed by atoms with Gasteiger partial charge in [0.05, 0.1) is 12.1 Å². The highest BCUT2D eigenvalue weighted by Crippen LogP contribution is 2.18. The van der Waals surface area contributed by atoms with Crippen LogP contribution in [0.3, 0.4) is 0 Å². The summed E-state index contributed by atoms with van der Waals surface area (Å²) in [4.78, 5) is 33.3. The number of imide groups is 1. The van der Waals surface area contributed by atoms with Crippen LogP contribution in [0.2, 0.25) is 0 Å². The van der Waals surface area contributed by atoms with Crippen LogP contribution < -0.4 is 0 Å². The SMILES string of the molecule is CCC1CN(C(=O)c2cnc3ncccc3c2)C(=O)O1. The average Bonchev–Trinajstić information content (AvgIpc) is 2.87. The zero-order chi connectivity index (χ0) is 14.1. The lowest BCUT2D eigenvalue weighted by Crippen LogP contribution is -2.32. The van der Waals surface area contributed by atoms with Gasteiger partial charge in [-0.2, -0.15) is 0 Å². The summed E-state index contributed by atoms with van der Waals surface area (Å²) < 4.78 is 5.09. The average molecular weight is 271 g/mol. The van der Waals surface area contributed by atoms with Crippen LogP contribution in [0.15, 0.2) is 30.6 Å². The molecule has 6 nitrogen and oxygen atoms in total. The van der Waals surface area contributed by atoms with Crippen molar-refractivity contribution in [3.63, 3.8) is 0 Å². The first kappa shape index (κ1) is 12.5. The van der Waals surface area contributed by atoms with Gasteiger partial charge in [0.25, 0.3) is 5.91 Å². The number of hydrogen-bond donors (Lipinski definition) is 0. The van der Waals surface area contributed by atoms with Crippen LogP contribution in [-0.4, -0.2) is 39.5 Å². The molecule has 102 valence electrons. The Morgan fingerprint density at radius 1 is 1.50 bits per heavy atom. The van der Waals surface area contributed by atoms with E-state index in [0.717, 1.165) is 10.3 Å². The minimum absolute atomic E-state index is 0.221. The molecule has 0 bridgehead atoms. The fourth-order valence-electron chi connectivity index (χ4n) is 2.14. The summed E-state index contributed by atoms with van der Waals surface area (Å²) >= 11 is 0. The van der Waals surface area contributed by atoms with Crippen molar-refractivity contribution in [2.24, 2.45) is 0 Å². The number of amides is 2. The minimum Gasteiger partial charge on any atom is -0.444 e. The Morgan fingerprint density at radius 2 is 2.35 bits per heavy atom. The molecule has 2 aromatic rings. The smallest absolute Gasteiger partial charge is 0.417 e. The van der Waals surface area contributed by atoms with E-state index in [2.05, 4.69) is 9.97 Å². The second kappa shape index (κ2) is 4.88. The highest BCUT2D eigenvalue weighted by atomic mass is 16.6. The molecule has 0 aliphatic carbocycles. The molecule has 0 saturated carbocycles. The number of rotatable bonds is 2. The number of aromatic nitrogens is 2. The number of ether oxygens (including phenoxy) is 1. The van der Waals surface area contributed by atoms with E-state index in [1.54, 1.807) is 18.3 Å². The summed E-state index contributed by atoms with van der Waals surface area (Å²) in [5.41, 5.74) is 0.929. The summed E-state index contributed by atoms with van der Waals surface area (Å²) in [5.74, 6) is -0.385. The molecule has 1 fully saturated rings. The Bertz CT molecular complexity index is 686. The monoisotopic (exact) mass is 271 g/mol. The first-order valence-corrected chi connectivity index (χ1v) is 6.42. The van der Waals surface area contributed by atoms with E-state index in [4.69, 9.17) is 4.74 Å². The van der Waals surface area contributed by atoms with E-state index < -0.39 is 6.09 Å². The summed E-state index contributed by atoms with van der Waals surface area (Å²) in [6, 6.07) is 5.28. The van der Waals surface area contributed by atoms with Crippen molar-refractivity contribution in [1.82, 2.24) is 14.9 Å². The van der Waals surface area contributed by atoms with Gasteiger partial charge in [-0.25, -0.2) is 19.7 Å². The van der Waals surface area contributed by atoms with Crippen molar-refractivity contribution in [3.8, 4) is 0 Å². The maximum Gasteiger partial charge on any atom is 0.417 e. The zero-order valence-electron chi connectivity index (χ0n) is 10.9. The van der Waals surface area contributed by atoms with Crippen molar-refractivity contribution in [2.75, 3.05) is 6.54 Å². The number of carbonyl (C=O) groups excluding carboxylic acids is 2. The summed E-state index contributed by atoms with van der Waals surface area (Å²) in [7, 11) is 0. The van der Waals surface area contributed by atoms with Gasteiger partial charge in [0.15, 0.2) is 5.65 Å². The predicted molar refractivity (Wildman–Crippen MR) is 71.1 cm³/mol. The van der Waals surface area contributed by atoms with Gasteiger partial charge in [0, 0.05) is 17.8 Å². The largest absolute Gasteiger partial charge is 0.444 e. The number of nitrogens with zero attached hydrogens (tertiary/aromatic N) is 3. The minimum atomic E-state index is -0.590. The fourth-order valence-corrected chi connectivity index (χ4v) is 2.14. The highest BCUT2D eigenvalue weighted by molar-refractivity contribution is 6.04. The van der Waals surface area contributed by atoms with Gasteiger partial charge in [-0.3, -0.25) is 4.79 Å². The van der Waals surface area contributed by atoms with Crippen molar-refractivity contribution < 1.29 is 14.3 Å². The first-order chi connectivity index (χ1) is 9.69. The number of hydrogen-bond acceptors (Lipinski definition) is 5.